The fourth-order valence-electron chi connectivity index (χ4n) is 2.32. The average Bonchev–Trinajstić information content (AvgIpc) is 2.67. The summed E-state index contributed by atoms with van der Waals surface area (Å²) >= 11 is 0. The number of carbonyl (C=O) groups is 1. The SMILES string of the molecule is Cc1ccc(CNC(=O)c2ccc(NCc3cccnc3)cn2)cc1. The normalized spacial score (nSPS) is 10.3. The van der Waals surface area contributed by atoms with E-state index in [0.29, 0.717) is 18.8 Å². The lowest BCUT2D eigenvalue weighted by Gasteiger charge is -2.08. The van der Waals surface area contributed by atoms with Gasteiger partial charge in [-0.25, -0.2) is 4.98 Å². The molecular weight excluding hydrogens is 312 g/mol. The number of anilines is 1. The van der Waals surface area contributed by atoms with E-state index in [0.717, 1.165) is 16.8 Å². The van der Waals surface area contributed by atoms with Crippen LogP contribution < -0.4 is 10.6 Å². The molecule has 3 aromatic rings. The quantitative estimate of drug-likeness (QED) is 0.726. The lowest BCUT2D eigenvalue weighted by atomic mass is 10.1. The predicted octanol–water partition coefficient (Wildman–Crippen LogP) is 3.33. The molecule has 0 unspecified atom stereocenters. The fourth-order valence-corrected chi connectivity index (χ4v) is 2.32. The molecular formula is C20H20N4O. The number of hydrogen-bond donors (Lipinski definition) is 2. The molecule has 0 atom stereocenters. The van der Waals surface area contributed by atoms with E-state index in [1.165, 1.54) is 5.56 Å². The van der Waals surface area contributed by atoms with Gasteiger partial charge in [0.15, 0.2) is 0 Å². The van der Waals surface area contributed by atoms with Crippen LogP contribution in [0.15, 0.2) is 67.1 Å². The van der Waals surface area contributed by atoms with Crippen LogP contribution in [0.5, 0.6) is 0 Å². The molecule has 5 heteroatoms. The summed E-state index contributed by atoms with van der Waals surface area (Å²) in [4.78, 5) is 20.5. The van der Waals surface area contributed by atoms with Crippen molar-refractivity contribution in [2.24, 2.45) is 0 Å². The molecule has 0 radical (unpaired) electrons. The van der Waals surface area contributed by atoms with Crippen LogP contribution in [0.4, 0.5) is 5.69 Å². The van der Waals surface area contributed by atoms with Gasteiger partial charge in [0.2, 0.25) is 0 Å². The van der Waals surface area contributed by atoms with Gasteiger partial charge in [0, 0.05) is 25.5 Å². The molecule has 0 saturated heterocycles. The molecule has 0 fully saturated rings. The van der Waals surface area contributed by atoms with Gasteiger partial charge in [-0.15, -0.1) is 0 Å². The van der Waals surface area contributed by atoms with Crippen LogP contribution in [0.25, 0.3) is 0 Å². The van der Waals surface area contributed by atoms with Crippen molar-refractivity contribution >= 4 is 11.6 Å². The number of carbonyl (C=O) groups excluding carboxylic acids is 1. The number of nitrogens with one attached hydrogen (secondary N) is 2. The monoisotopic (exact) mass is 332 g/mol. The van der Waals surface area contributed by atoms with Gasteiger partial charge in [-0.1, -0.05) is 35.9 Å². The third-order valence-corrected chi connectivity index (χ3v) is 3.79. The molecule has 2 heterocycles. The molecule has 0 aliphatic heterocycles. The second-order valence-corrected chi connectivity index (χ2v) is 5.82. The Kier molecular flexibility index (Phi) is 5.36. The van der Waals surface area contributed by atoms with E-state index >= 15 is 0 Å². The summed E-state index contributed by atoms with van der Waals surface area (Å²) in [7, 11) is 0. The highest BCUT2D eigenvalue weighted by molar-refractivity contribution is 5.92. The van der Waals surface area contributed by atoms with E-state index in [-0.39, 0.29) is 5.91 Å². The summed E-state index contributed by atoms with van der Waals surface area (Å²) in [5, 5.41) is 6.14. The number of benzene rings is 1. The Bertz CT molecular complexity index is 815. The van der Waals surface area contributed by atoms with Crippen molar-refractivity contribution in [2.75, 3.05) is 5.32 Å². The maximum atomic E-state index is 12.2. The van der Waals surface area contributed by atoms with Crippen LogP contribution in [-0.2, 0) is 13.1 Å². The molecule has 0 saturated carbocycles. The minimum atomic E-state index is -0.181. The first-order valence-electron chi connectivity index (χ1n) is 8.13. The van der Waals surface area contributed by atoms with Gasteiger partial charge < -0.3 is 10.6 Å². The van der Waals surface area contributed by atoms with Crippen LogP contribution in [0.3, 0.4) is 0 Å². The molecule has 3 rings (SSSR count). The molecule has 25 heavy (non-hydrogen) atoms. The summed E-state index contributed by atoms with van der Waals surface area (Å²) in [5.41, 5.74) is 4.61. The maximum Gasteiger partial charge on any atom is 0.270 e. The molecule has 0 aliphatic rings. The first-order valence-corrected chi connectivity index (χ1v) is 8.13. The van der Waals surface area contributed by atoms with Crippen LogP contribution >= 0.6 is 0 Å². The molecule has 2 aromatic heterocycles. The minimum absolute atomic E-state index is 0.181. The highest BCUT2D eigenvalue weighted by Crippen LogP contribution is 2.09. The van der Waals surface area contributed by atoms with Gasteiger partial charge >= 0.3 is 0 Å². The van der Waals surface area contributed by atoms with Gasteiger partial charge in [0.05, 0.1) is 11.9 Å². The third kappa shape index (κ3) is 4.88. The molecule has 0 spiro atoms. The summed E-state index contributed by atoms with van der Waals surface area (Å²) in [6, 6.07) is 15.5. The zero-order valence-electron chi connectivity index (χ0n) is 14.1. The van der Waals surface area contributed by atoms with E-state index in [2.05, 4.69) is 20.6 Å². The van der Waals surface area contributed by atoms with E-state index in [4.69, 9.17) is 0 Å². The second-order valence-electron chi connectivity index (χ2n) is 5.82. The van der Waals surface area contributed by atoms with Crippen LogP contribution in [0.1, 0.15) is 27.2 Å². The van der Waals surface area contributed by atoms with Gasteiger partial charge in [0.25, 0.3) is 5.91 Å². The number of aryl methyl sites for hydroxylation is 1. The first-order chi connectivity index (χ1) is 12.2. The zero-order chi connectivity index (χ0) is 17.5. The van der Waals surface area contributed by atoms with Crippen molar-refractivity contribution in [2.45, 2.75) is 20.0 Å². The third-order valence-electron chi connectivity index (χ3n) is 3.79. The fraction of sp³-hybridized carbons (Fsp3) is 0.150. The van der Waals surface area contributed by atoms with Crippen molar-refractivity contribution in [1.82, 2.24) is 15.3 Å². The molecule has 2 N–H and O–H groups in total. The standard InChI is InChI=1S/C20H20N4O/c1-15-4-6-16(7-5-15)12-24-20(25)19-9-8-18(14-23-19)22-13-17-3-2-10-21-11-17/h2-11,14,22H,12-13H2,1H3,(H,24,25). The van der Waals surface area contributed by atoms with E-state index < -0.39 is 0 Å². The Labute approximate surface area is 147 Å². The van der Waals surface area contributed by atoms with Crippen LogP contribution in [0.2, 0.25) is 0 Å². The summed E-state index contributed by atoms with van der Waals surface area (Å²) in [5.74, 6) is -0.181. The van der Waals surface area contributed by atoms with Gasteiger partial charge in [-0.05, 0) is 36.2 Å². The Hall–Kier alpha value is -3.21. The Morgan fingerprint density at radius 1 is 0.960 bits per heavy atom. The molecule has 0 aliphatic carbocycles. The number of pyridine rings is 2. The smallest absolute Gasteiger partial charge is 0.270 e. The lowest BCUT2D eigenvalue weighted by molar-refractivity contribution is 0.0946. The van der Waals surface area contributed by atoms with Crippen LogP contribution in [-0.4, -0.2) is 15.9 Å². The minimum Gasteiger partial charge on any atom is -0.380 e. The van der Waals surface area contributed by atoms with E-state index in [1.54, 1.807) is 18.5 Å². The second kappa shape index (κ2) is 8.06. The van der Waals surface area contributed by atoms with Crippen molar-refractivity contribution in [3.8, 4) is 0 Å². The Morgan fingerprint density at radius 2 is 1.80 bits per heavy atom. The van der Waals surface area contributed by atoms with Crippen molar-refractivity contribution in [3.05, 3.63) is 89.5 Å². The summed E-state index contributed by atoms with van der Waals surface area (Å²) in [6.45, 7) is 3.19. The molecule has 1 amide bonds. The van der Waals surface area contributed by atoms with Gasteiger partial charge in [-0.2, -0.15) is 0 Å². The molecule has 1 aromatic carbocycles. The highest BCUT2D eigenvalue weighted by atomic mass is 16.1. The lowest BCUT2D eigenvalue weighted by Crippen LogP contribution is -2.23. The summed E-state index contributed by atoms with van der Waals surface area (Å²) < 4.78 is 0. The highest BCUT2D eigenvalue weighted by Gasteiger charge is 2.07. The molecule has 0 bridgehead atoms. The van der Waals surface area contributed by atoms with E-state index in [9.17, 15) is 4.79 Å². The largest absolute Gasteiger partial charge is 0.380 e. The average molecular weight is 332 g/mol. The Morgan fingerprint density at radius 3 is 2.48 bits per heavy atom. The predicted molar refractivity (Wildman–Crippen MR) is 98.1 cm³/mol. The Balaban J connectivity index is 1.52. The first kappa shape index (κ1) is 16.6. The zero-order valence-corrected chi connectivity index (χ0v) is 14.1. The number of rotatable bonds is 6. The molecule has 5 nitrogen and oxygen atoms in total. The summed E-state index contributed by atoms with van der Waals surface area (Å²) in [6.07, 6.45) is 5.22. The number of hydrogen-bond acceptors (Lipinski definition) is 4. The van der Waals surface area contributed by atoms with E-state index in [1.807, 2.05) is 55.6 Å². The van der Waals surface area contributed by atoms with Gasteiger partial charge in [0.1, 0.15) is 5.69 Å². The number of nitrogens with zero attached hydrogens (tertiary/aromatic N) is 2. The van der Waals surface area contributed by atoms with Crippen molar-refractivity contribution in [3.63, 3.8) is 0 Å². The van der Waals surface area contributed by atoms with Crippen molar-refractivity contribution in [1.29, 1.82) is 0 Å². The van der Waals surface area contributed by atoms with Crippen molar-refractivity contribution < 1.29 is 4.79 Å². The van der Waals surface area contributed by atoms with Gasteiger partial charge in [-0.3, -0.25) is 9.78 Å². The number of aromatic nitrogens is 2. The van der Waals surface area contributed by atoms with Crippen LogP contribution in [0, 0.1) is 6.92 Å². The molecule has 126 valence electrons. The number of amides is 1. The topological polar surface area (TPSA) is 66.9 Å². The maximum absolute atomic E-state index is 12.2.